The number of benzene rings is 2. The smallest absolute Gasteiger partial charge is 0.193 e. The van der Waals surface area contributed by atoms with Gasteiger partial charge < -0.3 is 0 Å². The molecule has 0 aliphatic heterocycles. The van der Waals surface area contributed by atoms with Gasteiger partial charge in [0.2, 0.25) is 0 Å². The van der Waals surface area contributed by atoms with Crippen molar-refractivity contribution >= 4 is 40.6 Å². The van der Waals surface area contributed by atoms with Gasteiger partial charge in [-0.25, -0.2) is 0 Å². The van der Waals surface area contributed by atoms with Crippen LogP contribution in [-0.4, -0.2) is 5.78 Å². The lowest BCUT2D eigenvalue weighted by atomic mass is 10.0. The highest BCUT2D eigenvalue weighted by Crippen LogP contribution is 2.21. The lowest BCUT2D eigenvalue weighted by Crippen LogP contribution is -2.00. The van der Waals surface area contributed by atoms with Gasteiger partial charge in [-0.2, -0.15) is 0 Å². The predicted molar refractivity (Wildman–Crippen MR) is 71.3 cm³/mol. The molecule has 4 heteroatoms. The molecule has 0 heterocycles. The van der Waals surface area contributed by atoms with Crippen molar-refractivity contribution in [1.29, 1.82) is 0 Å². The van der Waals surface area contributed by atoms with Gasteiger partial charge in [0.25, 0.3) is 0 Å². The molecule has 0 saturated carbocycles. The number of ketones is 1. The highest BCUT2D eigenvalue weighted by molar-refractivity contribution is 6.35. The molecule has 0 spiro atoms. The van der Waals surface area contributed by atoms with Gasteiger partial charge in [-0.05, 0) is 42.5 Å². The van der Waals surface area contributed by atoms with E-state index in [9.17, 15) is 4.79 Å². The van der Waals surface area contributed by atoms with Crippen LogP contribution in [0, 0.1) is 0 Å². The van der Waals surface area contributed by atoms with Crippen LogP contribution in [0.2, 0.25) is 15.1 Å². The van der Waals surface area contributed by atoms with E-state index in [0.29, 0.717) is 26.2 Å². The molecule has 1 nitrogen and oxygen atoms in total. The third kappa shape index (κ3) is 3.01. The van der Waals surface area contributed by atoms with Crippen LogP contribution in [-0.2, 0) is 0 Å². The van der Waals surface area contributed by atoms with Crippen LogP contribution < -0.4 is 0 Å². The summed E-state index contributed by atoms with van der Waals surface area (Å²) in [6.45, 7) is 0. The Morgan fingerprint density at radius 2 is 1.24 bits per heavy atom. The first kappa shape index (κ1) is 12.4. The van der Waals surface area contributed by atoms with Gasteiger partial charge in [0.15, 0.2) is 5.78 Å². The van der Waals surface area contributed by atoms with E-state index in [1.807, 2.05) is 0 Å². The van der Waals surface area contributed by atoms with Crippen LogP contribution in [0.1, 0.15) is 15.9 Å². The SMILES string of the molecule is O=C(c1ccc(Cl)cc1)c1cc(Cl)cc(Cl)c1. The van der Waals surface area contributed by atoms with Gasteiger partial charge in [0, 0.05) is 26.2 Å². The van der Waals surface area contributed by atoms with Crippen LogP contribution in [0.25, 0.3) is 0 Å². The fourth-order valence-corrected chi connectivity index (χ4v) is 2.10. The lowest BCUT2D eigenvalue weighted by Gasteiger charge is -2.03. The molecule has 0 atom stereocenters. The molecule has 2 rings (SSSR count). The van der Waals surface area contributed by atoms with Crippen molar-refractivity contribution in [1.82, 2.24) is 0 Å². The normalized spacial score (nSPS) is 10.3. The van der Waals surface area contributed by atoms with E-state index < -0.39 is 0 Å². The average molecular weight is 286 g/mol. The van der Waals surface area contributed by atoms with E-state index >= 15 is 0 Å². The maximum atomic E-state index is 12.1. The summed E-state index contributed by atoms with van der Waals surface area (Å²) in [4.78, 5) is 12.1. The zero-order valence-corrected chi connectivity index (χ0v) is 10.9. The lowest BCUT2D eigenvalue weighted by molar-refractivity contribution is 0.103. The molecule has 0 fully saturated rings. The zero-order chi connectivity index (χ0) is 12.4. The fourth-order valence-electron chi connectivity index (χ4n) is 1.45. The second-order valence-corrected chi connectivity index (χ2v) is 4.80. The van der Waals surface area contributed by atoms with Crippen molar-refractivity contribution in [3.05, 3.63) is 68.7 Å². The molecule has 17 heavy (non-hydrogen) atoms. The van der Waals surface area contributed by atoms with E-state index in [1.54, 1.807) is 42.5 Å². The number of halogens is 3. The molecule has 2 aromatic rings. The van der Waals surface area contributed by atoms with Crippen LogP contribution in [0.5, 0.6) is 0 Å². The molecule has 0 saturated heterocycles. The summed E-state index contributed by atoms with van der Waals surface area (Å²) >= 11 is 17.5. The maximum Gasteiger partial charge on any atom is 0.193 e. The molecular weight excluding hydrogens is 279 g/mol. The number of carbonyl (C=O) groups excluding carboxylic acids is 1. The quantitative estimate of drug-likeness (QED) is 0.719. The molecule has 0 N–H and O–H groups in total. The third-order valence-corrected chi connectivity index (χ3v) is 2.92. The van der Waals surface area contributed by atoms with Crippen molar-refractivity contribution in [3.8, 4) is 0 Å². The Kier molecular flexibility index (Phi) is 3.72. The molecule has 2 aromatic carbocycles. The molecular formula is C13H7Cl3O. The standard InChI is InChI=1S/C13H7Cl3O/c14-10-3-1-8(2-4-10)13(17)9-5-11(15)7-12(16)6-9/h1-7H. The van der Waals surface area contributed by atoms with Crippen molar-refractivity contribution in [2.24, 2.45) is 0 Å². The molecule has 0 aromatic heterocycles. The topological polar surface area (TPSA) is 17.1 Å². The van der Waals surface area contributed by atoms with E-state index in [4.69, 9.17) is 34.8 Å². The average Bonchev–Trinajstić information content (AvgIpc) is 2.28. The Morgan fingerprint density at radius 3 is 1.76 bits per heavy atom. The fraction of sp³-hybridized carbons (Fsp3) is 0. The molecule has 0 amide bonds. The molecule has 0 aliphatic rings. The predicted octanol–water partition coefficient (Wildman–Crippen LogP) is 4.88. The van der Waals surface area contributed by atoms with Crippen LogP contribution in [0.4, 0.5) is 0 Å². The zero-order valence-electron chi connectivity index (χ0n) is 8.58. The summed E-state index contributed by atoms with van der Waals surface area (Å²) < 4.78 is 0. The van der Waals surface area contributed by atoms with Crippen LogP contribution in [0.15, 0.2) is 42.5 Å². The monoisotopic (exact) mass is 284 g/mol. The minimum Gasteiger partial charge on any atom is -0.289 e. The van der Waals surface area contributed by atoms with Crippen LogP contribution >= 0.6 is 34.8 Å². The van der Waals surface area contributed by atoms with Crippen molar-refractivity contribution in [2.45, 2.75) is 0 Å². The number of rotatable bonds is 2. The molecule has 0 bridgehead atoms. The summed E-state index contributed by atoms with van der Waals surface area (Å²) in [5.41, 5.74) is 1.01. The largest absolute Gasteiger partial charge is 0.289 e. The Bertz CT molecular complexity index is 541. The van der Waals surface area contributed by atoms with E-state index in [-0.39, 0.29) is 5.78 Å². The molecule has 86 valence electrons. The van der Waals surface area contributed by atoms with Crippen molar-refractivity contribution in [2.75, 3.05) is 0 Å². The molecule has 0 radical (unpaired) electrons. The van der Waals surface area contributed by atoms with Crippen molar-refractivity contribution in [3.63, 3.8) is 0 Å². The van der Waals surface area contributed by atoms with E-state index in [0.717, 1.165) is 0 Å². The first-order chi connectivity index (χ1) is 8.06. The second-order valence-electron chi connectivity index (χ2n) is 3.49. The highest BCUT2D eigenvalue weighted by atomic mass is 35.5. The number of hydrogen-bond donors (Lipinski definition) is 0. The van der Waals surface area contributed by atoms with Gasteiger partial charge in [0.05, 0.1) is 0 Å². The van der Waals surface area contributed by atoms with Gasteiger partial charge in [-0.3, -0.25) is 4.79 Å². The van der Waals surface area contributed by atoms with E-state index in [1.165, 1.54) is 0 Å². The van der Waals surface area contributed by atoms with Gasteiger partial charge in [-0.15, -0.1) is 0 Å². The Hall–Kier alpha value is -1.02. The number of hydrogen-bond acceptors (Lipinski definition) is 1. The summed E-state index contributed by atoms with van der Waals surface area (Å²) in [5, 5.41) is 1.47. The van der Waals surface area contributed by atoms with Gasteiger partial charge in [-0.1, -0.05) is 34.8 Å². The molecule has 0 unspecified atom stereocenters. The maximum absolute atomic E-state index is 12.1. The van der Waals surface area contributed by atoms with Crippen LogP contribution in [0.3, 0.4) is 0 Å². The summed E-state index contributed by atoms with van der Waals surface area (Å²) in [6, 6.07) is 11.4. The Balaban J connectivity index is 2.40. The molecule has 0 aliphatic carbocycles. The first-order valence-electron chi connectivity index (χ1n) is 4.82. The summed E-state index contributed by atoms with van der Waals surface area (Å²) in [7, 11) is 0. The highest BCUT2D eigenvalue weighted by Gasteiger charge is 2.10. The van der Waals surface area contributed by atoms with E-state index in [2.05, 4.69) is 0 Å². The minimum atomic E-state index is -0.133. The first-order valence-corrected chi connectivity index (χ1v) is 5.96. The number of carbonyl (C=O) groups is 1. The van der Waals surface area contributed by atoms with Gasteiger partial charge in [0.1, 0.15) is 0 Å². The minimum absolute atomic E-state index is 0.133. The Labute approximate surface area is 114 Å². The Morgan fingerprint density at radius 1 is 0.706 bits per heavy atom. The summed E-state index contributed by atoms with van der Waals surface area (Å²) in [5.74, 6) is -0.133. The third-order valence-electron chi connectivity index (χ3n) is 2.23. The second kappa shape index (κ2) is 5.09. The van der Waals surface area contributed by atoms with Gasteiger partial charge >= 0.3 is 0 Å². The summed E-state index contributed by atoms with van der Waals surface area (Å²) in [6.07, 6.45) is 0. The van der Waals surface area contributed by atoms with Crippen molar-refractivity contribution < 1.29 is 4.79 Å².